The zero-order chi connectivity index (χ0) is 34.9. The van der Waals surface area contributed by atoms with Gasteiger partial charge in [-0.3, -0.25) is 9.59 Å². The summed E-state index contributed by atoms with van der Waals surface area (Å²) in [6, 6.07) is 33.5. The Morgan fingerprint density at radius 1 is 0.540 bits per heavy atom. The third-order valence-corrected chi connectivity index (χ3v) is 11.1. The summed E-state index contributed by atoms with van der Waals surface area (Å²) < 4.78 is 13.9. The van der Waals surface area contributed by atoms with Crippen molar-refractivity contribution in [2.24, 2.45) is 0 Å². The van der Waals surface area contributed by atoms with Crippen molar-refractivity contribution >= 4 is 49.0 Å². The van der Waals surface area contributed by atoms with Gasteiger partial charge in [0.15, 0.2) is 10.9 Å². The van der Waals surface area contributed by atoms with Gasteiger partial charge in [0.05, 0.1) is 9.75 Å². The molecule has 0 saturated heterocycles. The Kier molecular flexibility index (Phi) is 11.8. The predicted octanol–water partition coefficient (Wildman–Crippen LogP) is 9.43. The van der Waals surface area contributed by atoms with Crippen molar-refractivity contribution in [3.05, 3.63) is 139 Å². The highest BCUT2D eigenvalue weighted by atomic mass is 32.1. The SMILES string of the molecule is O=C(OC(CCCCO)c1sc2ccccc2c(=O)c1-c1ccccc1)OC(CCCCO)c1sc2ccccc2c(=O)c1-c1ccccc1. The van der Waals surface area contributed by atoms with Crippen molar-refractivity contribution in [2.75, 3.05) is 13.2 Å². The Balaban J connectivity index is 1.42. The van der Waals surface area contributed by atoms with Crippen LogP contribution in [0.4, 0.5) is 4.79 Å². The van der Waals surface area contributed by atoms with Crippen LogP contribution >= 0.6 is 22.7 Å². The second-order valence-electron chi connectivity index (χ2n) is 12.0. The zero-order valence-corrected chi connectivity index (χ0v) is 29.1. The maximum atomic E-state index is 14.0. The predicted molar refractivity (Wildman–Crippen MR) is 202 cm³/mol. The standard InChI is InChI=1S/C41H38O7S2/c42-25-13-11-21-31(39-35(27-15-3-1-4-16-27)37(44)29-19-7-9-23-33(29)49-39)47-41(46)48-32(22-12-14-26-43)40-36(28-17-5-2-6-18-28)38(45)30-20-8-10-24-34(30)50-40/h1-10,15-20,23-24,31-32,42-43H,11-14,21-22,25-26H2. The van der Waals surface area contributed by atoms with Crippen LogP contribution in [-0.2, 0) is 9.47 Å². The van der Waals surface area contributed by atoms with E-state index in [9.17, 15) is 24.6 Å². The first-order valence-electron chi connectivity index (χ1n) is 16.8. The summed E-state index contributed by atoms with van der Waals surface area (Å²) in [7, 11) is 0. The van der Waals surface area contributed by atoms with Gasteiger partial charge in [-0.1, -0.05) is 84.9 Å². The molecule has 256 valence electrons. The van der Waals surface area contributed by atoms with Crippen LogP contribution in [0.15, 0.2) is 119 Å². The zero-order valence-electron chi connectivity index (χ0n) is 27.5. The number of ether oxygens (including phenoxy) is 2. The lowest BCUT2D eigenvalue weighted by Crippen LogP contribution is -2.20. The van der Waals surface area contributed by atoms with Gasteiger partial charge in [-0.2, -0.15) is 0 Å². The van der Waals surface area contributed by atoms with Crippen molar-refractivity contribution in [1.29, 1.82) is 0 Å². The first-order chi connectivity index (χ1) is 24.5. The van der Waals surface area contributed by atoms with Gasteiger partial charge < -0.3 is 19.7 Å². The number of benzene rings is 4. The Morgan fingerprint density at radius 2 is 0.920 bits per heavy atom. The van der Waals surface area contributed by atoms with Gasteiger partial charge in [0.2, 0.25) is 0 Å². The number of aliphatic hydroxyl groups is 2. The van der Waals surface area contributed by atoms with Crippen LogP contribution in [0.3, 0.4) is 0 Å². The van der Waals surface area contributed by atoms with Crippen molar-refractivity contribution < 1.29 is 24.5 Å². The molecule has 0 spiro atoms. The molecular weight excluding hydrogens is 669 g/mol. The highest BCUT2D eigenvalue weighted by Gasteiger charge is 2.29. The van der Waals surface area contributed by atoms with E-state index in [1.807, 2.05) is 97.1 Å². The number of unbranched alkanes of at least 4 members (excludes halogenated alkanes) is 2. The molecule has 2 atom stereocenters. The summed E-state index contributed by atoms with van der Waals surface area (Å²) >= 11 is 2.81. The van der Waals surface area contributed by atoms with Gasteiger partial charge in [-0.05, 0) is 73.9 Å². The van der Waals surface area contributed by atoms with Crippen LogP contribution in [0.5, 0.6) is 0 Å². The number of rotatable bonds is 14. The monoisotopic (exact) mass is 706 g/mol. The van der Waals surface area contributed by atoms with Gasteiger partial charge >= 0.3 is 6.16 Å². The van der Waals surface area contributed by atoms with Crippen LogP contribution in [0.2, 0.25) is 0 Å². The quantitative estimate of drug-likeness (QED) is 0.0858. The fourth-order valence-electron chi connectivity index (χ4n) is 6.16. The molecule has 0 saturated carbocycles. The maximum Gasteiger partial charge on any atom is 0.509 e. The number of carbonyl (C=O) groups excluding carboxylic acids is 1. The molecule has 9 heteroatoms. The Morgan fingerprint density at radius 3 is 1.32 bits per heavy atom. The third-order valence-electron chi connectivity index (χ3n) is 8.59. The first kappa shape index (κ1) is 35.2. The largest absolute Gasteiger partial charge is 0.509 e. The molecule has 0 aliphatic rings. The lowest BCUT2D eigenvalue weighted by molar-refractivity contribution is -0.00699. The second-order valence-corrected chi connectivity index (χ2v) is 14.1. The van der Waals surface area contributed by atoms with Crippen LogP contribution in [-0.4, -0.2) is 29.6 Å². The van der Waals surface area contributed by atoms with Crippen LogP contribution in [0.1, 0.15) is 60.5 Å². The van der Waals surface area contributed by atoms with Crippen molar-refractivity contribution in [3.8, 4) is 22.3 Å². The fraction of sp³-hybridized carbons (Fsp3) is 0.244. The number of hydrogen-bond donors (Lipinski definition) is 2. The first-order valence-corrected chi connectivity index (χ1v) is 18.4. The molecule has 0 radical (unpaired) electrons. The average Bonchev–Trinajstić information content (AvgIpc) is 3.15. The van der Waals surface area contributed by atoms with Gasteiger partial charge in [0.25, 0.3) is 0 Å². The topological polar surface area (TPSA) is 110 Å². The molecule has 2 heterocycles. The summed E-state index contributed by atoms with van der Waals surface area (Å²) in [6.45, 7) is -0.0422. The van der Waals surface area contributed by atoms with Crippen molar-refractivity contribution in [3.63, 3.8) is 0 Å². The summed E-state index contributed by atoms with van der Waals surface area (Å²) in [5.41, 5.74) is 2.06. The molecule has 2 unspecified atom stereocenters. The molecule has 0 bridgehead atoms. The lowest BCUT2D eigenvalue weighted by atomic mass is 9.99. The van der Waals surface area contributed by atoms with Gasteiger partial charge in [-0.25, -0.2) is 4.79 Å². The number of carbonyl (C=O) groups is 1. The van der Waals surface area contributed by atoms with E-state index >= 15 is 0 Å². The molecule has 0 amide bonds. The summed E-state index contributed by atoms with van der Waals surface area (Å²) in [4.78, 5) is 43.3. The normalized spacial score (nSPS) is 12.5. The van der Waals surface area contributed by atoms with Gasteiger partial charge in [0, 0.05) is 44.5 Å². The summed E-state index contributed by atoms with van der Waals surface area (Å²) in [5.74, 6) is 0. The van der Waals surface area contributed by atoms with Gasteiger partial charge in [0.1, 0.15) is 12.2 Å². The third kappa shape index (κ3) is 7.87. The molecule has 2 N–H and O–H groups in total. The Labute approximate surface area is 298 Å². The van der Waals surface area contributed by atoms with E-state index in [-0.39, 0.29) is 24.1 Å². The van der Waals surface area contributed by atoms with Crippen LogP contribution in [0, 0.1) is 0 Å². The van der Waals surface area contributed by atoms with E-state index in [0.29, 0.717) is 81.3 Å². The molecule has 0 aliphatic carbocycles. The van der Waals surface area contributed by atoms with Crippen LogP contribution in [0.25, 0.3) is 42.4 Å². The van der Waals surface area contributed by atoms with E-state index in [1.165, 1.54) is 22.7 Å². The highest BCUT2D eigenvalue weighted by Crippen LogP contribution is 2.40. The second kappa shape index (κ2) is 16.8. The molecule has 6 aromatic rings. The van der Waals surface area contributed by atoms with E-state index in [0.717, 1.165) is 9.40 Å². The smallest absolute Gasteiger partial charge is 0.425 e. The van der Waals surface area contributed by atoms with E-state index in [4.69, 9.17) is 9.47 Å². The maximum absolute atomic E-state index is 14.0. The molecule has 0 aliphatic heterocycles. The lowest BCUT2D eigenvalue weighted by Gasteiger charge is -2.24. The molecule has 2 aromatic heterocycles. The van der Waals surface area contributed by atoms with Crippen molar-refractivity contribution in [2.45, 2.75) is 50.7 Å². The van der Waals surface area contributed by atoms with E-state index < -0.39 is 18.4 Å². The molecule has 7 nitrogen and oxygen atoms in total. The molecule has 0 fully saturated rings. The van der Waals surface area contributed by atoms with E-state index in [2.05, 4.69) is 0 Å². The molecular formula is C41H38O7S2. The number of aliphatic hydroxyl groups excluding tert-OH is 2. The number of fused-ring (bicyclic) bond motifs is 2. The molecule has 4 aromatic carbocycles. The molecule has 6 rings (SSSR count). The Bertz CT molecular complexity index is 2020. The minimum absolute atomic E-state index is 0.0211. The fourth-order valence-corrected chi connectivity index (χ4v) is 8.69. The van der Waals surface area contributed by atoms with Crippen molar-refractivity contribution in [1.82, 2.24) is 0 Å². The highest BCUT2D eigenvalue weighted by molar-refractivity contribution is 7.19. The Hall–Kier alpha value is -4.67. The molecule has 50 heavy (non-hydrogen) atoms. The summed E-state index contributed by atoms with van der Waals surface area (Å²) in [6.07, 6.45) is 0.186. The average molecular weight is 707 g/mol. The minimum atomic E-state index is -0.924. The van der Waals surface area contributed by atoms with Gasteiger partial charge in [-0.15, -0.1) is 22.7 Å². The van der Waals surface area contributed by atoms with E-state index in [1.54, 1.807) is 12.1 Å². The summed E-state index contributed by atoms with van der Waals surface area (Å²) in [5, 5.41) is 20.4. The minimum Gasteiger partial charge on any atom is -0.425 e. The van der Waals surface area contributed by atoms with Crippen LogP contribution < -0.4 is 10.9 Å². The number of hydrogen-bond acceptors (Lipinski definition) is 9.